The van der Waals surface area contributed by atoms with Crippen LogP contribution >= 0.6 is 0 Å². The Bertz CT molecular complexity index is 359. The van der Waals surface area contributed by atoms with Crippen LogP contribution in [0.1, 0.15) is 12.0 Å². The van der Waals surface area contributed by atoms with E-state index in [9.17, 15) is 9.18 Å². The van der Waals surface area contributed by atoms with E-state index in [0.29, 0.717) is 0 Å². The Morgan fingerprint density at radius 2 is 2.11 bits per heavy atom. The zero-order valence-corrected chi connectivity index (χ0v) is 10.4. The number of amides is 1. The number of halogens is 1. The molecule has 18 heavy (non-hydrogen) atoms. The van der Waals surface area contributed by atoms with Gasteiger partial charge in [0.1, 0.15) is 12.8 Å². The third-order valence-electron chi connectivity index (χ3n) is 2.43. The Morgan fingerprint density at radius 1 is 1.44 bits per heavy atom. The van der Waals surface area contributed by atoms with Gasteiger partial charge in [-0.2, -0.15) is 0 Å². The summed E-state index contributed by atoms with van der Waals surface area (Å²) in [5.74, 6) is 0. The smallest absolute Gasteiger partial charge is 0.409 e. The van der Waals surface area contributed by atoms with Crippen LogP contribution in [0.5, 0.6) is 0 Å². The first kappa shape index (κ1) is 14.4. The van der Waals surface area contributed by atoms with Gasteiger partial charge in [0.05, 0.1) is 6.54 Å². The molecule has 0 aliphatic rings. The van der Waals surface area contributed by atoms with Crippen LogP contribution in [-0.4, -0.2) is 42.5 Å². The minimum Gasteiger partial charge on any atom is -0.445 e. The summed E-state index contributed by atoms with van der Waals surface area (Å²) >= 11 is 0. The minimum atomic E-state index is -1.23. The summed E-state index contributed by atoms with van der Waals surface area (Å²) in [6.07, 6.45) is -1.78. The first-order valence-corrected chi connectivity index (χ1v) is 5.80. The lowest BCUT2D eigenvalue weighted by molar-refractivity contribution is 0.0918. The lowest BCUT2D eigenvalue weighted by Crippen LogP contribution is -2.33. The normalized spacial score (nSPS) is 11.9. The number of benzene rings is 1. The zero-order valence-electron chi connectivity index (χ0n) is 10.4. The van der Waals surface area contributed by atoms with Crippen LogP contribution < -0.4 is 0 Å². The highest BCUT2D eigenvalue weighted by atomic mass is 19.1. The largest absolute Gasteiger partial charge is 0.445 e. The van der Waals surface area contributed by atoms with Crippen molar-refractivity contribution < 1.29 is 19.0 Å². The Morgan fingerprint density at radius 3 is 2.72 bits per heavy atom. The molecule has 0 heterocycles. The van der Waals surface area contributed by atoms with Crippen LogP contribution in [0.2, 0.25) is 0 Å². The Balaban J connectivity index is 2.32. The number of nitrogens with zero attached hydrogens (tertiary/aromatic N) is 1. The average Bonchev–Trinajstić information content (AvgIpc) is 2.37. The molecule has 0 aromatic heterocycles. The molecule has 0 radical (unpaired) electrons. The zero-order chi connectivity index (χ0) is 13.4. The quantitative estimate of drug-likeness (QED) is 0.845. The summed E-state index contributed by atoms with van der Waals surface area (Å²) in [4.78, 5) is 12.7. The van der Waals surface area contributed by atoms with Gasteiger partial charge in [-0.05, 0) is 5.56 Å². The van der Waals surface area contributed by atoms with Gasteiger partial charge in [0.15, 0.2) is 0 Å². The third kappa shape index (κ3) is 5.14. The summed E-state index contributed by atoms with van der Waals surface area (Å²) in [5.41, 5.74) is 0.881. The Hall–Kier alpha value is -1.62. The molecule has 0 aliphatic carbocycles. The van der Waals surface area contributed by atoms with Crippen molar-refractivity contribution in [3.63, 3.8) is 0 Å². The van der Waals surface area contributed by atoms with Crippen molar-refractivity contribution in [1.29, 1.82) is 0 Å². The van der Waals surface area contributed by atoms with E-state index in [-0.39, 0.29) is 26.2 Å². The van der Waals surface area contributed by atoms with E-state index in [1.807, 2.05) is 30.3 Å². The highest BCUT2D eigenvalue weighted by molar-refractivity contribution is 5.67. The average molecular weight is 255 g/mol. The number of hydrogen-bond donors (Lipinski definition) is 1. The van der Waals surface area contributed by atoms with E-state index in [0.717, 1.165) is 5.56 Å². The fourth-order valence-electron chi connectivity index (χ4n) is 1.43. The topological polar surface area (TPSA) is 49.8 Å². The first-order valence-electron chi connectivity index (χ1n) is 5.80. The fraction of sp³-hybridized carbons (Fsp3) is 0.462. The Kier molecular flexibility index (Phi) is 6.14. The number of rotatable bonds is 6. The summed E-state index contributed by atoms with van der Waals surface area (Å²) in [5, 5.41) is 8.57. The molecule has 0 saturated carbocycles. The monoisotopic (exact) mass is 255 g/mol. The molecule has 0 aliphatic heterocycles. The van der Waals surface area contributed by atoms with Crippen molar-refractivity contribution in [2.75, 3.05) is 20.2 Å². The number of carbonyl (C=O) groups excluding carboxylic acids is 1. The van der Waals surface area contributed by atoms with Crippen molar-refractivity contribution in [2.45, 2.75) is 19.2 Å². The van der Waals surface area contributed by atoms with Crippen LogP contribution in [-0.2, 0) is 11.3 Å². The van der Waals surface area contributed by atoms with Gasteiger partial charge in [0, 0.05) is 20.1 Å². The highest BCUT2D eigenvalue weighted by Crippen LogP contribution is 2.04. The SMILES string of the molecule is CN(CC(F)CCO)C(=O)OCc1ccccc1. The summed E-state index contributed by atoms with van der Waals surface area (Å²) in [6.45, 7) is -0.136. The Labute approximate surface area is 106 Å². The number of carbonyl (C=O) groups is 1. The second-order valence-electron chi connectivity index (χ2n) is 4.03. The van der Waals surface area contributed by atoms with Gasteiger partial charge < -0.3 is 14.7 Å². The molecule has 1 aromatic carbocycles. The number of aliphatic hydroxyl groups is 1. The van der Waals surface area contributed by atoms with Crippen molar-refractivity contribution in [3.8, 4) is 0 Å². The van der Waals surface area contributed by atoms with E-state index in [1.54, 1.807) is 0 Å². The minimum absolute atomic E-state index is 0.0241. The number of alkyl halides is 1. The third-order valence-corrected chi connectivity index (χ3v) is 2.43. The molecular weight excluding hydrogens is 237 g/mol. The molecule has 0 saturated heterocycles. The second-order valence-corrected chi connectivity index (χ2v) is 4.03. The van der Waals surface area contributed by atoms with Crippen LogP contribution in [0.4, 0.5) is 9.18 Å². The van der Waals surface area contributed by atoms with Gasteiger partial charge in [-0.1, -0.05) is 30.3 Å². The molecule has 1 rings (SSSR count). The molecule has 1 aromatic rings. The molecule has 1 amide bonds. The number of aliphatic hydroxyl groups excluding tert-OH is 1. The summed E-state index contributed by atoms with van der Waals surface area (Å²) < 4.78 is 18.2. The standard InChI is InChI=1S/C13H18FNO3/c1-15(9-12(14)7-8-16)13(17)18-10-11-5-3-2-4-6-11/h2-6,12,16H,7-10H2,1H3. The van der Waals surface area contributed by atoms with Crippen LogP contribution in [0.3, 0.4) is 0 Å². The molecule has 100 valence electrons. The van der Waals surface area contributed by atoms with Gasteiger partial charge in [0.2, 0.25) is 0 Å². The van der Waals surface area contributed by atoms with E-state index in [4.69, 9.17) is 9.84 Å². The molecule has 5 heteroatoms. The molecule has 0 fully saturated rings. The van der Waals surface area contributed by atoms with Crippen molar-refractivity contribution in [2.24, 2.45) is 0 Å². The van der Waals surface area contributed by atoms with E-state index in [1.165, 1.54) is 11.9 Å². The lowest BCUT2D eigenvalue weighted by atomic mass is 10.2. The molecule has 0 bridgehead atoms. The van der Waals surface area contributed by atoms with Gasteiger partial charge in [0.25, 0.3) is 0 Å². The second kappa shape index (κ2) is 7.66. The number of ether oxygens (including phenoxy) is 1. The predicted molar refractivity (Wildman–Crippen MR) is 65.9 cm³/mol. The van der Waals surface area contributed by atoms with Gasteiger partial charge in [-0.3, -0.25) is 0 Å². The van der Waals surface area contributed by atoms with E-state index >= 15 is 0 Å². The van der Waals surface area contributed by atoms with Crippen LogP contribution in [0.25, 0.3) is 0 Å². The van der Waals surface area contributed by atoms with E-state index in [2.05, 4.69) is 0 Å². The van der Waals surface area contributed by atoms with Gasteiger partial charge in [-0.15, -0.1) is 0 Å². The molecular formula is C13H18FNO3. The molecule has 1 unspecified atom stereocenters. The molecule has 1 atom stereocenters. The number of hydrogen-bond acceptors (Lipinski definition) is 3. The van der Waals surface area contributed by atoms with Crippen LogP contribution in [0.15, 0.2) is 30.3 Å². The highest BCUT2D eigenvalue weighted by Gasteiger charge is 2.15. The van der Waals surface area contributed by atoms with Gasteiger partial charge >= 0.3 is 6.09 Å². The maximum Gasteiger partial charge on any atom is 0.409 e. The van der Waals surface area contributed by atoms with Gasteiger partial charge in [-0.25, -0.2) is 9.18 Å². The molecule has 0 spiro atoms. The molecule has 4 nitrogen and oxygen atoms in total. The molecule has 1 N–H and O–H groups in total. The first-order chi connectivity index (χ1) is 8.63. The van der Waals surface area contributed by atoms with E-state index < -0.39 is 12.3 Å². The maximum atomic E-state index is 13.2. The lowest BCUT2D eigenvalue weighted by Gasteiger charge is -2.18. The summed E-state index contributed by atoms with van der Waals surface area (Å²) in [7, 11) is 1.47. The van der Waals surface area contributed by atoms with Crippen molar-refractivity contribution in [1.82, 2.24) is 4.90 Å². The maximum absolute atomic E-state index is 13.2. The van der Waals surface area contributed by atoms with Crippen LogP contribution in [0, 0.1) is 0 Å². The fourth-order valence-corrected chi connectivity index (χ4v) is 1.43. The van der Waals surface area contributed by atoms with Crippen molar-refractivity contribution >= 4 is 6.09 Å². The summed E-state index contributed by atoms with van der Waals surface area (Å²) in [6, 6.07) is 9.27. The predicted octanol–water partition coefficient (Wildman–Crippen LogP) is 1.98. The van der Waals surface area contributed by atoms with Crippen molar-refractivity contribution in [3.05, 3.63) is 35.9 Å².